The van der Waals surface area contributed by atoms with Crippen LogP contribution in [-0.4, -0.2) is 15.6 Å². The summed E-state index contributed by atoms with van der Waals surface area (Å²) in [6.07, 6.45) is 3.64. The summed E-state index contributed by atoms with van der Waals surface area (Å²) in [5.74, 6) is -3.84. The van der Waals surface area contributed by atoms with Crippen molar-refractivity contribution in [3.63, 3.8) is 0 Å². The van der Waals surface area contributed by atoms with Gasteiger partial charge in [-0.15, -0.1) is 0 Å². The van der Waals surface area contributed by atoms with E-state index in [0.717, 1.165) is 23.7 Å². The van der Waals surface area contributed by atoms with E-state index in [1.165, 1.54) is 18.2 Å². The third-order valence-corrected chi connectivity index (χ3v) is 3.81. The van der Waals surface area contributed by atoms with E-state index >= 15 is 0 Å². The number of halogens is 2. The van der Waals surface area contributed by atoms with Gasteiger partial charge in [0.15, 0.2) is 0 Å². The summed E-state index contributed by atoms with van der Waals surface area (Å²) in [5.41, 5.74) is 2.57. The van der Waals surface area contributed by atoms with Crippen LogP contribution in [0.1, 0.15) is 22.8 Å². The third-order valence-electron chi connectivity index (χ3n) is 3.81. The van der Waals surface area contributed by atoms with Crippen LogP contribution in [0.15, 0.2) is 67.0 Å². The molecule has 3 rings (SSSR count). The maximum Gasteiger partial charge on any atom is 0.335 e. The van der Waals surface area contributed by atoms with Crippen LogP contribution in [-0.2, 0) is 5.92 Å². The molecule has 2 aromatic carbocycles. The maximum absolute atomic E-state index is 13.3. The zero-order valence-electron chi connectivity index (χ0n) is 12.9. The molecule has 0 atom stereocenters. The molecule has 0 amide bonds. The fourth-order valence-electron chi connectivity index (χ4n) is 2.49. The quantitative estimate of drug-likeness (QED) is 0.736. The van der Waals surface area contributed by atoms with Crippen LogP contribution >= 0.6 is 0 Å². The first-order valence-electron chi connectivity index (χ1n) is 7.35. The summed E-state index contributed by atoms with van der Waals surface area (Å²) in [4.78, 5) is 11.1. The van der Waals surface area contributed by atoms with Crippen LogP contribution in [0.3, 0.4) is 0 Å². The smallest absolute Gasteiger partial charge is 0.335 e. The number of alkyl halides is 2. The van der Waals surface area contributed by atoms with Crippen molar-refractivity contribution in [3.8, 4) is 16.8 Å². The highest BCUT2D eigenvalue weighted by Crippen LogP contribution is 2.28. The molecule has 1 heterocycles. The minimum atomic E-state index is -2.86. The Balaban J connectivity index is 1.91. The van der Waals surface area contributed by atoms with Crippen LogP contribution in [0.4, 0.5) is 8.78 Å². The topological polar surface area (TPSA) is 42.2 Å². The Labute approximate surface area is 137 Å². The van der Waals surface area contributed by atoms with Gasteiger partial charge < -0.3 is 9.67 Å². The highest BCUT2D eigenvalue weighted by atomic mass is 19.3. The molecule has 0 aliphatic heterocycles. The molecule has 1 aromatic heterocycles. The average molecular weight is 327 g/mol. The summed E-state index contributed by atoms with van der Waals surface area (Å²) in [6.45, 7) is 0.866. The molecule has 24 heavy (non-hydrogen) atoms. The second-order valence-corrected chi connectivity index (χ2v) is 5.63. The Kier molecular flexibility index (Phi) is 3.93. The number of carbonyl (C=O) groups is 1. The van der Waals surface area contributed by atoms with E-state index in [1.54, 1.807) is 28.8 Å². The fraction of sp³-hybridized carbons (Fsp3) is 0.105. The predicted molar refractivity (Wildman–Crippen MR) is 87.7 cm³/mol. The van der Waals surface area contributed by atoms with Gasteiger partial charge in [-0.05, 0) is 41.5 Å². The fourth-order valence-corrected chi connectivity index (χ4v) is 2.49. The molecule has 0 bridgehead atoms. The highest BCUT2D eigenvalue weighted by Gasteiger charge is 2.23. The number of aromatic nitrogens is 1. The molecular weight excluding hydrogens is 312 g/mol. The molecule has 122 valence electrons. The SMILES string of the molecule is CC(F)(F)c1ccc(-n2ccc(-c3cccc(C(=O)O)c3)c2)cc1. The molecule has 0 aliphatic rings. The van der Waals surface area contributed by atoms with E-state index in [1.807, 2.05) is 24.5 Å². The molecule has 0 unspecified atom stereocenters. The number of rotatable bonds is 4. The lowest BCUT2D eigenvalue weighted by Crippen LogP contribution is -2.06. The zero-order valence-corrected chi connectivity index (χ0v) is 12.9. The summed E-state index contributed by atoms with van der Waals surface area (Å²) in [6, 6.07) is 14.6. The molecule has 0 fully saturated rings. The van der Waals surface area contributed by atoms with Crippen molar-refractivity contribution in [2.24, 2.45) is 0 Å². The minimum absolute atomic E-state index is 0.0345. The van der Waals surface area contributed by atoms with Crippen molar-refractivity contribution in [2.75, 3.05) is 0 Å². The Morgan fingerprint density at radius 2 is 1.75 bits per heavy atom. The standard InChI is InChI=1S/C19H15F2NO2/c1-19(20,21)16-5-7-17(8-6-16)22-10-9-15(12-22)13-3-2-4-14(11-13)18(23)24/h2-12H,1H3,(H,23,24). The van der Waals surface area contributed by atoms with E-state index in [4.69, 9.17) is 5.11 Å². The van der Waals surface area contributed by atoms with Gasteiger partial charge in [-0.25, -0.2) is 13.6 Å². The third kappa shape index (κ3) is 3.20. The van der Waals surface area contributed by atoms with Gasteiger partial charge in [0.25, 0.3) is 5.92 Å². The number of benzene rings is 2. The number of carboxylic acid groups (broad SMARTS) is 1. The average Bonchev–Trinajstić information content (AvgIpc) is 3.04. The zero-order chi connectivity index (χ0) is 17.3. The van der Waals surface area contributed by atoms with Crippen molar-refractivity contribution in [3.05, 3.63) is 78.1 Å². The second-order valence-electron chi connectivity index (χ2n) is 5.63. The van der Waals surface area contributed by atoms with Crippen molar-refractivity contribution in [1.82, 2.24) is 4.57 Å². The summed E-state index contributed by atoms with van der Waals surface area (Å²) in [5, 5.41) is 9.06. The molecule has 3 nitrogen and oxygen atoms in total. The number of nitrogens with zero attached hydrogens (tertiary/aromatic N) is 1. The minimum Gasteiger partial charge on any atom is -0.478 e. The molecule has 5 heteroatoms. The van der Waals surface area contributed by atoms with Crippen LogP contribution < -0.4 is 0 Å². The lowest BCUT2D eigenvalue weighted by atomic mass is 10.1. The molecular formula is C19H15F2NO2. The Bertz CT molecular complexity index is 877. The lowest BCUT2D eigenvalue weighted by Gasteiger charge is -2.11. The first kappa shape index (κ1) is 15.9. The van der Waals surface area contributed by atoms with E-state index in [0.29, 0.717) is 0 Å². The summed E-state index contributed by atoms with van der Waals surface area (Å²) in [7, 11) is 0. The second kappa shape index (κ2) is 5.92. The van der Waals surface area contributed by atoms with Crippen molar-refractivity contribution >= 4 is 5.97 Å². The van der Waals surface area contributed by atoms with Crippen molar-refractivity contribution < 1.29 is 18.7 Å². The highest BCUT2D eigenvalue weighted by molar-refractivity contribution is 5.89. The summed E-state index contributed by atoms with van der Waals surface area (Å²) >= 11 is 0. The van der Waals surface area contributed by atoms with Gasteiger partial charge >= 0.3 is 5.97 Å². The molecule has 0 saturated heterocycles. The first-order chi connectivity index (χ1) is 11.3. The molecule has 1 N–H and O–H groups in total. The monoisotopic (exact) mass is 327 g/mol. The molecule has 0 saturated carbocycles. The van der Waals surface area contributed by atoms with Crippen LogP contribution in [0.2, 0.25) is 0 Å². The Morgan fingerprint density at radius 3 is 2.38 bits per heavy atom. The molecule has 3 aromatic rings. The lowest BCUT2D eigenvalue weighted by molar-refractivity contribution is 0.0174. The normalized spacial score (nSPS) is 11.5. The number of carboxylic acids is 1. The van der Waals surface area contributed by atoms with E-state index in [9.17, 15) is 13.6 Å². The van der Waals surface area contributed by atoms with E-state index in [-0.39, 0.29) is 11.1 Å². The molecule has 0 aliphatic carbocycles. The summed E-state index contributed by atoms with van der Waals surface area (Å²) < 4.78 is 28.3. The van der Waals surface area contributed by atoms with Gasteiger partial charge in [-0.1, -0.05) is 24.3 Å². The van der Waals surface area contributed by atoms with Gasteiger partial charge in [0.05, 0.1) is 5.56 Å². The largest absolute Gasteiger partial charge is 0.478 e. The Morgan fingerprint density at radius 1 is 1.04 bits per heavy atom. The predicted octanol–water partition coefficient (Wildman–Crippen LogP) is 4.95. The van der Waals surface area contributed by atoms with E-state index < -0.39 is 11.9 Å². The van der Waals surface area contributed by atoms with Gasteiger partial charge in [0.2, 0.25) is 0 Å². The number of hydrogen-bond donors (Lipinski definition) is 1. The van der Waals surface area contributed by atoms with Gasteiger partial charge in [0, 0.05) is 30.6 Å². The van der Waals surface area contributed by atoms with Crippen molar-refractivity contribution in [1.29, 1.82) is 0 Å². The number of hydrogen-bond acceptors (Lipinski definition) is 1. The molecule has 0 radical (unpaired) electrons. The van der Waals surface area contributed by atoms with Crippen LogP contribution in [0.25, 0.3) is 16.8 Å². The van der Waals surface area contributed by atoms with Crippen LogP contribution in [0, 0.1) is 0 Å². The first-order valence-corrected chi connectivity index (χ1v) is 7.35. The number of aromatic carboxylic acids is 1. The van der Waals surface area contributed by atoms with Crippen molar-refractivity contribution in [2.45, 2.75) is 12.8 Å². The molecule has 0 spiro atoms. The van der Waals surface area contributed by atoms with Gasteiger partial charge in [-0.3, -0.25) is 0 Å². The Hall–Kier alpha value is -2.95. The van der Waals surface area contributed by atoms with E-state index in [2.05, 4.69) is 0 Å². The van der Waals surface area contributed by atoms with Gasteiger partial charge in [-0.2, -0.15) is 0 Å². The maximum atomic E-state index is 13.3. The van der Waals surface area contributed by atoms with Gasteiger partial charge in [0.1, 0.15) is 0 Å². The van der Waals surface area contributed by atoms with Crippen LogP contribution in [0.5, 0.6) is 0 Å².